The minimum Gasteiger partial charge on any atom is -0.488 e. The molecule has 108 valence electrons. The smallest absolute Gasteiger partial charge is 0.263 e. The Morgan fingerprint density at radius 1 is 1.15 bits per heavy atom. The summed E-state index contributed by atoms with van der Waals surface area (Å²) in [6, 6.07) is 7.75. The fraction of sp³-hybridized carbons (Fsp3) is 0.438. The van der Waals surface area contributed by atoms with Crippen LogP contribution in [0.1, 0.15) is 40.2 Å². The molecule has 4 nitrogen and oxygen atoms in total. The first-order valence-corrected chi connectivity index (χ1v) is 6.76. The zero-order valence-corrected chi connectivity index (χ0v) is 12.7. The summed E-state index contributed by atoms with van der Waals surface area (Å²) < 4.78 is 5.78. The fourth-order valence-corrected chi connectivity index (χ4v) is 2.03. The number of nitrogens with one attached hydrogen (secondary N) is 2. The van der Waals surface area contributed by atoms with E-state index in [0.717, 1.165) is 16.9 Å². The third kappa shape index (κ3) is 3.39. The van der Waals surface area contributed by atoms with Crippen molar-refractivity contribution in [2.45, 2.75) is 45.8 Å². The molecule has 0 aliphatic carbocycles. The monoisotopic (exact) mass is 274 g/mol. The average Bonchev–Trinajstić information content (AvgIpc) is 2.56. The van der Waals surface area contributed by atoms with Gasteiger partial charge in [-0.15, -0.1) is 0 Å². The van der Waals surface area contributed by atoms with E-state index in [1.807, 2.05) is 65.0 Å². The number of rotatable bonds is 2. The molecule has 1 heterocycles. The third-order valence-corrected chi connectivity index (χ3v) is 3.02. The number of hydrazine groups is 1. The summed E-state index contributed by atoms with van der Waals surface area (Å²) in [5.41, 5.74) is 6.74. The van der Waals surface area contributed by atoms with Crippen LogP contribution in [0.4, 0.5) is 0 Å². The van der Waals surface area contributed by atoms with Gasteiger partial charge in [-0.3, -0.25) is 10.2 Å². The van der Waals surface area contributed by atoms with Crippen molar-refractivity contribution in [1.29, 1.82) is 0 Å². The Balaban J connectivity index is 2.21. The standard InChI is InChI=1S/C16H22N2O2/c1-15(2,3)20-12-8-6-11(7-9-12)10-13-14(19)17-18-16(13,4)5/h6-10,18H,1-5H3,(H,17,19)/b13-10+. The van der Waals surface area contributed by atoms with E-state index in [-0.39, 0.29) is 17.0 Å². The lowest BCUT2D eigenvalue weighted by atomic mass is 9.94. The van der Waals surface area contributed by atoms with E-state index in [1.165, 1.54) is 0 Å². The van der Waals surface area contributed by atoms with Gasteiger partial charge in [-0.1, -0.05) is 12.1 Å². The van der Waals surface area contributed by atoms with Crippen LogP contribution in [0, 0.1) is 0 Å². The van der Waals surface area contributed by atoms with E-state index in [2.05, 4.69) is 10.9 Å². The van der Waals surface area contributed by atoms with Gasteiger partial charge in [0.2, 0.25) is 0 Å². The highest BCUT2D eigenvalue weighted by molar-refractivity contribution is 6.01. The number of carbonyl (C=O) groups is 1. The van der Waals surface area contributed by atoms with Gasteiger partial charge in [0.05, 0.1) is 5.54 Å². The Morgan fingerprint density at radius 2 is 1.75 bits per heavy atom. The van der Waals surface area contributed by atoms with Gasteiger partial charge in [0.1, 0.15) is 11.4 Å². The first-order valence-electron chi connectivity index (χ1n) is 6.76. The van der Waals surface area contributed by atoms with Crippen molar-refractivity contribution in [3.63, 3.8) is 0 Å². The molecular weight excluding hydrogens is 252 g/mol. The lowest BCUT2D eigenvalue weighted by molar-refractivity contribution is -0.116. The van der Waals surface area contributed by atoms with Crippen molar-refractivity contribution < 1.29 is 9.53 Å². The predicted molar refractivity (Wildman–Crippen MR) is 80.2 cm³/mol. The molecule has 0 bridgehead atoms. The van der Waals surface area contributed by atoms with E-state index >= 15 is 0 Å². The number of hydrogen-bond donors (Lipinski definition) is 2. The highest BCUT2D eigenvalue weighted by Gasteiger charge is 2.34. The summed E-state index contributed by atoms with van der Waals surface area (Å²) in [5.74, 6) is 0.748. The summed E-state index contributed by atoms with van der Waals surface area (Å²) in [6.45, 7) is 9.97. The van der Waals surface area contributed by atoms with Crippen molar-refractivity contribution in [3.05, 3.63) is 35.4 Å². The molecule has 1 aromatic carbocycles. The molecule has 0 atom stereocenters. The Labute approximate surface area is 120 Å². The molecule has 2 rings (SSSR count). The molecule has 1 fully saturated rings. The van der Waals surface area contributed by atoms with Crippen LogP contribution in [-0.2, 0) is 4.79 Å². The van der Waals surface area contributed by atoms with E-state index in [9.17, 15) is 4.79 Å². The van der Waals surface area contributed by atoms with Crippen LogP contribution in [0.25, 0.3) is 6.08 Å². The number of hydrogen-bond acceptors (Lipinski definition) is 3. The lowest BCUT2D eigenvalue weighted by Gasteiger charge is -2.21. The molecule has 1 aliphatic heterocycles. The van der Waals surface area contributed by atoms with Gasteiger partial charge in [-0.2, -0.15) is 0 Å². The largest absolute Gasteiger partial charge is 0.488 e. The summed E-state index contributed by atoms with van der Waals surface area (Å²) in [7, 11) is 0. The second-order valence-corrected chi connectivity index (χ2v) is 6.55. The van der Waals surface area contributed by atoms with Gasteiger partial charge in [0, 0.05) is 5.57 Å². The van der Waals surface area contributed by atoms with Gasteiger partial charge in [-0.25, -0.2) is 5.43 Å². The highest BCUT2D eigenvalue weighted by Crippen LogP contribution is 2.24. The van der Waals surface area contributed by atoms with Gasteiger partial charge in [0.25, 0.3) is 5.91 Å². The van der Waals surface area contributed by atoms with Crippen LogP contribution in [0.5, 0.6) is 5.75 Å². The van der Waals surface area contributed by atoms with Crippen LogP contribution < -0.4 is 15.6 Å². The number of ether oxygens (including phenoxy) is 1. The first-order chi connectivity index (χ1) is 9.17. The van der Waals surface area contributed by atoms with Crippen molar-refractivity contribution in [2.24, 2.45) is 0 Å². The fourth-order valence-electron chi connectivity index (χ4n) is 2.03. The Morgan fingerprint density at radius 3 is 2.20 bits per heavy atom. The number of carbonyl (C=O) groups excluding carboxylic acids is 1. The SMILES string of the molecule is CC(C)(C)Oc1ccc(/C=C2\C(=O)NNC2(C)C)cc1. The Kier molecular flexibility index (Phi) is 3.61. The molecule has 0 aromatic heterocycles. The number of amides is 1. The maximum absolute atomic E-state index is 11.8. The van der Waals surface area contributed by atoms with Crippen molar-refractivity contribution in [3.8, 4) is 5.75 Å². The predicted octanol–water partition coefficient (Wildman–Crippen LogP) is 2.66. The molecular formula is C16H22N2O2. The van der Waals surface area contributed by atoms with Crippen molar-refractivity contribution in [2.75, 3.05) is 0 Å². The summed E-state index contributed by atoms with van der Waals surface area (Å²) in [5, 5.41) is 0. The second-order valence-electron chi connectivity index (χ2n) is 6.55. The molecule has 1 aromatic rings. The maximum Gasteiger partial charge on any atom is 0.263 e. The third-order valence-electron chi connectivity index (χ3n) is 3.02. The molecule has 0 saturated carbocycles. The minimum atomic E-state index is -0.363. The molecule has 4 heteroatoms. The first kappa shape index (κ1) is 14.6. The normalized spacial score (nSPS) is 20.1. The van der Waals surface area contributed by atoms with Gasteiger partial charge in [-0.05, 0) is 58.4 Å². The highest BCUT2D eigenvalue weighted by atomic mass is 16.5. The van der Waals surface area contributed by atoms with Crippen molar-refractivity contribution >= 4 is 12.0 Å². The summed E-state index contributed by atoms with van der Waals surface area (Å²) >= 11 is 0. The number of benzene rings is 1. The molecule has 0 unspecified atom stereocenters. The van der Waals surface area contributed by atoms with Crippen LogP contribution in [0.2, 0.25) is 0 Å². The van der Waals surface area contributed by atoms with Crippen LogP contribution in [0.3, 0.4) is 0 Å². The Bertz CT molecular complexity index is 537. The quantitative estimate of drug-likeness (QED) is 0.815. The second kappa shape index (κ2) is 4.94. The van der Waals surface area contributed by atoms with E-state index in [0.29, 0.717) is 0 Å². The minimum absolute atomic E-state index is 0.0787. The maximum atomic E-state index is 11.8. The lowest BCUT2D eigenvalue weighted by Crippen LogP contribution is -2.38. The zero-order chi connectivity index (χ0) is 15.0. The molecule has 20 heavy (non-hydrogen) atoms. The van der Waals surface area contributed by atoms with Crippen LogP contribution in [0.15, 0.2) is 29.8 Å². The van der Waals surface area contributed by atoms with E-state index in [4.69, 9.17) is 4.74 Å². The van der Waals surface area contributed by atoms with Gasteiger partial charge in [0.15, 0.2) is 0 Å². The molecule has 1 aliphatic rings. The van der Waals surface area contributed by atoms with Crippen molar-refractivity contribution in [1.82, 2.24) is 10.9 Å². The molecule has 0 spiro atoms. The molecule has 2 N–H and O–H groups in total. The summed E-state index contributed by atoms with van der Waals surface area (Å²) in [4.78, 5) is 11.8. The Hall–Kier alpha value is -1.81. The molecule has 1 amide bonds. The van der Waals surface area contributed by atoms with Gasteiger partial charge < -0.3 is 4.74 Å². The van der Waals surface area contributed by atoms with Gasteiger partial charge >= 0.3 is 0 Å². The molecule has 1 saturated heterocycles. The van der Waals surface area contributed by atoms with E-state index in [1.54, 1.807) is 0 Å². The topological polar surface area (TPSA) is 50.4 Å². The van der Waals surface area contributed by atoms with Crippen LogP contribution in [-0.4, -0.2) is 17.0 Å². The average molecular weight is 274 g/mol. The zero-order valence-electron chi connectivity index (χ0n) is 12.7. The summed E-state index contributed by atoms with van der Waals surface area (Å²) in [6.07, 6.45) is 1.90. The van der Waals surface area contributed by atoms with E-state index < -0.39 is 0 Å². The van der Waals surface area contributed by atoms with Crippen LogP contribution >= 0.6 is 0 Å². The molecule has 0 radical (unpaired) electrons.